The van der Waals surface area contributed by atoms with E-state index in [-0.39, 0.29) is 36.0 Å². The number of nitrogens with zero attached hydrogens (tertiary/aromatic N) is 2. The number of fused-ring (bicyclic) bond motifs is 1. The summed E-state index contributed by atoms with van der Waals surface area (Å²) in [5, 5.41) is 3.90. The zero-order valence-corrected chi connectivity index (χ0v) is 26.2. The number of pyridine rings is 1. The second-order valence-corrected chi connectivity index (χ2v) is 12.2. The molecule has 8 nitrogen and oxygen atoms in total. The van der Waals surface area contributed by atoms with Gasteiger partial charge in [-0.1, -0.05) is 56.7 Å². The summed E-state index contributed by atoms with van der Waals surface area (Å²) in [5.41, 5.74) is 1.55. The maximum atomic E-state index is 13.9. The monoisotopic (exact) mass is 597 g/mol. The van der Waals surface area contributed by atoms with Crippen molar-refractivity contribution in [3.8, 4) is 22.8 Å². The molecule has 2 amide bonds. The van der Waals surface area contributed by atoms with Gasteiger partial charge < -0.3 is 19.7 Å². The van der Waals surface area contributed by atoms with Gasteiger partial charge in [0.05, 0.1) is 24.9 Å². The van der Waals surface area contributed by atoms with Gasteiger partial charge in [-0.3, -0.25) is 14.4 Å². The Morgan fingerprint density at radius 2 is 1.95 bits per heavy atom. The lowest BCUT2D eigenvalue weighted by Gasteiger charge is -2.28. The summed E-state index contributed by atoms with van der Waals surface area (Å²) in [5.74, 6) is 0.762. The minimum atomic E-state index is -0.867. The van der Waals surface area contributed by atoms with E-state index in [1.807, 2.05) is 74.5 Å². The largest absolute Gasteiger partial charge is 0.497 e. The summed E-state index contributed by atoms with van der Waals surface area (Å²) in [7, 11) is 1.62. The Labute approximate surface area is 259 Å². The highest BCUT2D eigenvalue weighted by molar-refractivity contribution is 5.97. The minimum Gasteiger partial charge on any atom is -0.497 e. The molecule has 1 N–H and O–H groups in total. The number of hydrogen-bond donors (Lipinski definition) is 1. The van der Waals surface area contributed by atoms with E-state index in [9.17, 15) is 14.4 Å². The Morgan fingerprint density at radius 1 is 1.18 bits per heavy atom. The van der Waals surface area contributed by atoms with Crippen LogP contribution < -0.4 is 14.8 Å². The van der Waals surface area contributed by atoms with Crippen molar-refractivity contribution in [2.75, 3.05) is 13.7 Å². The number of carbonyl (C=O) groups excluding carboxylic acids is 3. The molecule has 3 aromatic rings. The van der Waals surface area contributed by atoms with Crippen molar-refractivity contribution in [1.29, 1.82) is 0 Å². The van der Waals surface area contributed by atoms with Gasteiger partial charge in [-0.15, -0.1) is 6.58 Å². The number of Topliss-reactive ketones (excluding diaryl/α,β-unsaturated/α-hetero) is 1. The average molecular weight is 598 g/mol. The van der Waals surface area contributed by atoms with Crippen molar-refractivity contribution in [3.63, 3.8) is 0 Å². The summed E-state index contributed by atoms with van der Waals surface area (Å²) in [6, 6.07) is 16.7. The van der Waals surface area contributed by atoms with Crippen molar-refractivity contribution in [3.05, 3.63) is 67.3 Å². The first-order valence-electron chi connectivity index (χ1n) is 15.7. The quantitative estimate of drug-likeness (QED) is 0.238. The van der Waals surface area contributed by atoms with Crippen LogP contribution in [-0.2, 0) is 14.4 Å². The molecule has 2 fully saturated rings. The summed E-state index contributed by atoms with van der Waals surface area (Å²) < 4.78 is 12.1. The Kier molecular flexibility index (Phi) is 9.37. The highest BCUT2D eigenvalue weighted by Gasteiger charge is 2.59. The number of methoxy groups -OCH3 is 1. The van der Waals surface area contributed by atoms with Crippen molar-refractivity contribution in [1.82, 2.24) is 15.2 Å². The molecule has 1 saturated heterocycles. The molecule has 2 heterocycles. The van der Waals surface area contributed by atoms with Gasteiger partial charge >= 0.3 is 0 Å². The van der Waals surface area contributed by atoms with Crippen molar-refractivity contribution >= 4 is 28.5 Å². The molecule has 1 aromatic heterocycles. The molecular formula is C36H43N3O5. The SMILES string of the molecule is C=CCCC1C[C@]1(NC(=O)[C@@H]1C[C@@H](Oc2cc(-c3ccccc3)nc3cc(OC)ccc23)CN1C(=O)[C@@H](C)CCC)C(C)=O. The van der Waals surface area contributed by atoms with Gasteiger partial charge in [-0.25, -0.2) is 4.98 Å². The van der Waals surface area contributed by atoms with Crippen LogP contribution in [-0.4, -0.2) is 58.8 Å². The Bertz CT molecular complexity index is 1540. The lowest BCUT2D eigenvalue weighted by Crippen LogP contribution is -2.53. The maximum Gasteiger partial charge on any atom is 0.243 e. The number of ether oxygens (including phenoxy) is 2. The second kappa shape index (κ2) is 13.2. The van der Waals surface area contributed by atoms with Gasteiger partial charge in [0, 0.05) is 35.4 Å². The fraction of sp³-hybridized carbons (Fsp3) is 0.444. The van der Waals surface area contributed by atoms with Crippen molar-refractivity contribution < 1.29 is 23.9 Å². The van der Waals surface area contributed by atoms with E-state index < -0.39 is 17.7 Å². The van der Waals surface area contributed by atoms with Crippen LogP contribution in [0.1, 0.15) is 59.3 Å². The van der Waals surface area contributed by atoms with Crippen molar-refractivity contribution in [2.24, 2.45) is 11.8 Å². The van der Waals surface area contributed by atoms with Crippen LogP contribution in [0.2, 0.25) is 0 Å². The van der Waals surface area contributed by atoms with Gasteiger partial charge in [0.25, 0.3) is 0 Å². The maximum absolute atomic E-state index is 13.9. The van der Waals surface area contributed by atoms with Crippen LogP contribution in [0, 0.1) is 11.8 Å². The van der Waals surface area contributed by atoms with E-state index in [2.05, 4.69) is 11.9 Å². The van der Waals surface area contributed by atoms with E-state index in [0.29, 0.717) is 24.3 Å². The molecule has 1 saturated carbocycles. The van der Waals surface area contributed by atoms with Crippen LogP contribution in [0.5, 0.6) is 11.5 Å². The molecule has 1 aliphatic carbocycles. The normalized spacial score (nSPS) is 23.2. The molecule has 1 unspecified atom stereocenters. The number of allylic oxidation sites excluding steroid dienone is 1. The summed E-state index contributed by atoms with van der Waals surface area (Å²) >= 11 is 0. The molecule has 0 spiro atoms. The van der Waals surface area contributed by atoms with Crippen LogP contribution in [0.25, 0.3) is 22.2 Å². The number of likely N-dealkylation sites (tertiary alicyclic amines) is 1. The zero-order chi connectivity index (χ0) is 31.4. The molecule has 2 aliphatic rings. The first-order chi connectivity index (χ1) is 21.2. The number of ketones is 1. The van der Waals surface area contributed by atoms with E-state index in [1.54, 1.807) is 12.0 Å². The molecule has 2 aromatic carbocycles. The molecule has 5 rings (SSSR count). The predicted octanol–water partition coefficient (Wildman–Crippen LogP) is 6.13. The molecule has 8 heteroatoms. The lowest BCUT2D eigenvalue weighted by atomic mass is 10.0. The minimum absolute atomic E-state index is 0.0462. The molecular weight excluding hydrogens is 554 g/mol. The number of hydrogen-bond acceptors (Lipinski definition) is 6. The molecule has 232 valence electrons. The van der Waals surface area contributed by atoms with Crippen LogP contribution in [0.4, 0.5) is 0 Å². The molecule has 0 radical (unpaired) electrons. The predicted molar refractivity (Wildman–Crippen MR) is 171 cm³/mol. The molecule has 1 aliphatic heterocycles. The Hall–Kier alpha value is -4.20. The smallest absolute Gasteiger partial charge is 0.243 e. The van der Waals surface area contributed by atoms with Crippen LogP contribution >= 0.6 is 0 Å². The standard InChI is InChI=1S/C36H43N3O5/c1-6-8-15-26-21-36(26,24(4)40)38-34(41)32-19-28(22-39(32)35(42)23(3)12-7-2)44-33-20-30(25-13-10-9-11-14-25)37-31-18-27(43-5)16-17-29(31)33/h6,9-11,13-14,16-18,20,23,26,28,32H,1,7-8,12,15,19,21-22H2,2-5H3,(H,38,41)/t23-,26?,28+,32-,36-/m0/s1. The zero-order valence-electron chi connectivity index (χ0n) is 26.2. The number of carbonyl (C=O) groups is 3. The fourth-order valence-corrected chi connectivity index (χ4v) is 6.52. The molecule has 0 bridgehead atoms. The van der Waals surface area contributed by atoms with E-state index >= 15 is 0 Å². The number of amides is 2. The summed E-state index contributed by atoms with van der Waals surface area (Å²) in [6.45, 7) is 9.56. The lowest BCUT2D eigenvalue weighted by molar-refractivity contribution is -0.142. The first kappa shape index (κ1) is 31.2. The highest BCUT2D eigenvalue weighted by Crippen LogP contribution is 2.47. The first-order valence-corrected chi connectivity index (χ1v) is 15.7. The third-order valence-corrected chi connectivity index (χ3v) is 9.13. The van der Waals surface area contributed by atoms with E-state index in [4.69, 9.17) is 14.5 Å². The van der Waals surface area contributed by atoms with E-state index in [0.717, 1.165) is 47.8 Å². The number of nitrogens with one attached hydrogen (secondary N) is 1. The van der Waals surface area contributed by atoms with Gasteiger partial charge in [0.1, 0.15) is 29.2 Å². The van der Waals surface area contributed by atoms with Gasteiger partial charge in [0.15, 0.2) is 5.78 Å². The van der Waals surface area contributed by atoms with E-state index in [1.165, 1.54) is 6.92 Å². The van der Waals surface area contributed by atoms with Crippen LogP contribution in [0.15, 0.2) is 67.3 Å². The van der Waals surface area contributed by atoms with Gasteiger partial charge in [-0.05, 0) is 50.7 Å². The third kappa shape index (κ3) is 6.35. The topological polar surface area (TPSA) is 97.8 Å². The van der Waals surface area contributed by atoms with Gasteiger partial charge in [-0.2, -0.15) is 0 Å². The fourth-order valence-electron chi connectivity index (χ4n) is 6.52. The summed E-state index contributed by atoms with van der Waals surface area (Å²) in [4.78, 5) is 46.8. The number of rotatable bonds is 13. The van der Waals surface area contributed by atoms with Crippen LogP contribution in [0.3, 0.4) is 0 Å². The molecule has 5 atom stereocenters. The van der Waals surface area contributed by atoms with Crippen molar-refractivity contribution in [2.45, 2.75) is 77.0 Å². The second-order valence-electron chi connectivity index (χ2n) is 12.2. The van der Waals surface area contributed by atoms with Gasteiger partial charge in [0.2, 0.25) is 11.8 Å². The highest BCUT2D eigenvalue weighted by atomic mass is 16.5. The number of benzene rings is 2. The molecule has 44 heavy (non-hydrogen) atoms. The summed E-state index contributed by atoms with van der Waals surface area (Å²) in [6.07, 6.45) is 5.51. The average Bonchev–Trinajstić information content (AvgIpc) is 3.57. The third-order valence-electron chi connectivity index (χ3n) is 9.13. The Morgan fingerprint density at radius 3 is 2.64 bits per heavy atom. The Balaban J connectivity index is 1.44. The number of aromatic nitrogens is 1.